The summed E-state index contributed by atoms with van der Waals surface area (Å²) in [7, 11) is 1.71. The Hall–Kier alpha value is -1.81. The van der Waals surface area contributed by atoms with Crippen LogP contribution in [-0.2, 0) is 18.8 Å². The zero-order valence-corrected chi connectivity index (χ0v) is 20.8. The van der Waals surface area contributed by atoms with Crippen LogP contribution in [0, 0.1) is 5.82 Å². The van der Waals surface area contributed by atoms with E-state index in [0.29, 0.717) is 31.2 Å². The third-order valence-electron chi connectivity index (χ3n) is 4.32. The predicted octanol–water partition coefficient (Wildman–Crippen LogP) is 4.31. The largest absolute Gasteiger partial charge is 0.352 e. The molecule has 0 fully saturated rings. The predicted molar refractivity (Wildman–Crippen MR) is 135 cm³/mol. The van der Waals surface area contributed by atoms with Gasteiger partial charge in [-0.2, -0.15) is 11.8 Å². The molecule has 3 N–H and O–H groups in total. The molecule has 0 aliphatic heterocycles. The molecule has 164 valence electrons. The Kier molecular flexibility index (Phi) is 12.4. The van der Waals surface area contributed by atoms with E-state index >= 15 is 0 Å². The van der Waals surface area contributed by atoms with Gasteiger partial charge in [0.15, 0.2) is 5.96 Å². The average molecular weight is 544 g/mol. The van der Waals surface area contributed by atoms with Gasteiger partial charge in [0.05, 0.1) is 0 Å². The van der Waals surface area contributed by atoms with Gasteiger partial charge in [-0.1, -0.05) is 25.1 Å². The van der Waals surface area contributed by atoms with Crippen LogP contribution in [0.15, 0.2) is 47.5 Å². The number of amides is 1. The Morgan fingerprint density at radius 1 is 1.07 bits per heavy atom. The van der Waals surface area contributed by atoms with Crippen LogP contribution >= 0.6 is 35.7 Å². The number of nitrogens with zero attached hydrogens (tertiary/aromatic N) is 1. The van der Waals surface area contributed by atoms with Crippen molar-refractivity contribution in [1.29, 1.82) is 0 Å². The lowest BCUT2D eigenvalue weighted by molar-refractivity contribution is 0.0953. The van der Waals surface area contributed by atoms with E-state index in [1.807, 2.05) is 37.4 Å². The summed E-state index contributed by atoms with van der Waals surface area (Å²) in [5, 5.41) is 9.41. The van der Waals surface area contributed by atoms with Gasteiger partial charge in [0, 0.05) is 38.0 Å². The lowest BCUT2D eigenvalue weighted by Crippen LogP contribution is -2.36. The molecule has 0 aromatic heterocycles. The van der Waals surface area contributed by atoms with Gasteiger partial charge in [0.2, 0.25) is 0 Å². The topological polar surface area (TPSA) is 65.5 Å². The van der Waals surface area contributed by atoms with Gasteiger partial charge in [0.25, 0.3) is 5.91 Å². The van der Waals surface area contributed by atoms with Crippen LogP contribution in [0.2, 0.25) is 0 Å². The molecule has 2 aromatic carbocycles. The minimum absolute atomic E-state index is 0. The first-order chi connectivity index (χ1) is 14.1. The number of nitrogens with one attached hydrogen (secondary N) is 3. The van der Waals surface area contributed by atoms with E-state index in [1.54, 1.807) is 30.9 Å². The molecule has 2 rings (SSSR count). The van der Waals surface area contributed by atoms with Crippen LogP contribution in [0.4, 0.5) is 4.39 Å². The fourth-order valence-electron chi connectivity index (χ4n) is 2.81. The first-order valence-corrected chi connectivity index (χ1v) is 11.0. The van der Waals surface area contributed by atoms with Crippen molar-refractivity contribution in [1.82, 2.24) is 16.0 Å². The van der Waals surface area contributed by atoms with Gasteiger partial charge in [0.1, 0.15) is 5.82 Å². The van der Waals surface area contributed by atoms with E-state index in [9.17, 15) is 9.18 Å². The molecule has 2 aromatic rings. The smallest absolute Gasteiger partial charge is 0.251 e. The fraction of sp³-hybridized carbons (Fsp3) is 0.364. The van der Waals surface area contributed by atoms with Crippen LogP contribution < -0.4 is 16.0 Å². The van der Waals surface area contributed by atoms with Gasteiger partial charge < -0.3 is 16.0 Å². The second-order valence-corrected chi connectivity index (χ2v) is 7.45. The van der Waals surface area contributed by atoms with E-state index in [-0.39, 0.29) is 35.7 Å². The molecule has 0 unspecified atom stereocenters. The number of hydrogen-bond donors (Lipinski definition) is 3. The molecule has 0 radical (unpaired) electrons. The Morgan fingerprint density at radius 3 is 2.53 bits per heavy atom. The third-order valence-corrected chi connectivity index (χ3v) is 4.92. The molecule has 0 aliphatic rings. The maximum atomic E-state index is 13.5. The average Bonchev–Trinajstić information content (AvgIpc) is 2.73. The minimum Gasteiger partial charge on any atom is -0.352 e. The SMILES string of the molecule is CCCNC(=O)c1cccc(CNC(=NC)NCc2ccc(F)cc2CSC)c1.I. The summed E-state index contributed by atoms with van der Waals surface area (Å²) < 4.78 is 13.5. The van der Waals surface area contributed by atoms with Crippen LogP contribution in [0.5, 0.6) is 0 Å². The Bertz CT molecular complexity index is 848. The van der Waals surface area contributed by atoms with E-state index in [0.717, 1.165) is 28.9 Å². The van der Waals surface area contributed by atoms with Crippen molar-refractivity contribution in [2.75, 3.05) is 19.8 Å². The summed E-state index contributed by atoms with van der Waals surface area (Å²) in [6.07, 6.45) is 2.90. The van der Waals surface area contributed by atoms with Gasteiger partial charge >= 0.3 is 0 Å². The standard InChI is InChI=1S/C22H29FN4OS.HI/c1-4-10-25-21(28)17-7-5-6-16(11-17)13-26-22(24-2)27-14-18-8-9-20(23)12-19(18)15-29-3;/h5-9,11-12H,4,10,13-15H2,1-3H3,(H,25,28)(H2,24,26,27);1H. The summed E-state index contributed by atoms with van der Waals surface area (Å²) in [4.78, 5) is 16.4. The molecule has 0 bridgehead atoms. The number of aliphatic imine (C=N–C) groups is 1. The van der Waals surface area contributed by atoms with Gasteiger partial charge in [-0.3, -0.25) is 9.79 Å². The van der Waals surface area contributed by atoms with Crippen LogP contribution in [-0.4, -0.2) is 31.7 Å². The van der Waals surface area contributed by atoms with Crippen molar-refractivity contribution in [2.24, 2.45) is 4.99 Å². The highest BCUT2D eigenvalue weighted by molar-refractivity contribution is 14.0. The van der Waals surface area contributed by atoms with Gasteiger partial charge in [-0.15, -0.1) is 24.0 Å². The normalized spacial score (nSPS) is 10.9. The molecule has 30 heavy (non-hydrogen) atoms. The molecule has 0 spiro atoms. The van der Waals surface area contributed by atoms with Crippen LogP contribution in [0.25, 0.3) is 0 Å². The molecule has 8 heteroatoms. The highest BCUT2D eigenvalue weighted by Gasteiger charge is 2.07. The Morgan fingerprint density at radius 2 is 1.83 bits per heavy atom. The van der Waals surface area contributed by atoms with Crippen molar-refractivity contribution >= 4 is 47.6 Å². The lowest BCUT2D eigenvalue weighted by atomic mass is 10.1. The van der Waals surface area contributed by atoms with Gasteiger partial charge in [-0.25, -0.2) is 4.39 Å². The molecule has 0 atom stereocenters. The van der Waals surface area contributed by atoms with Crippen molar-refractivity contribution in [3.63, 3.8) is 0 Å². The van der Waals surface area contributed by atoms with Crippen LogP contribution in [0.3, 0.4) is 0 Å². The number of hydrogen-bond acceptors (Lipinski definition) is 3. The number of carbonyl (C=O) groups excluding carboxylic acids is 1. The first-order valence-electron chi connectivity index (χ1n) is 9.65. The van der Waals surface area contributed by atoms with Gasteiger partial charge in [-0.05, 0) is 53.6 Å². The van der Waals surface area contributed by atoms with Crippen molar-refractivity contribution in [3.05, 3.63) is 70.5 Å². The summed E-state index contributed by atoms with van der Waals surface area (Å²) >= 11 is 1.66. The van der Waals surface area contributed by atoms with E-state index in [4.69, 9.17) is 0 Å². The zero-order valence-electron chi connectivity index (χ0n) is 17.6. The molecule has 0 aliphatic carbocycles. The summed E-state index contributed by atoms with van der Waals surface area (Å²) in [5.41, 5.74) is 3.65. The maximum absolute atomic E-state index is 13.5. The summed E-state index contributed by atoms with van der Waals surface area (Å²) in [6.45, 7) is 3.78. The Balaban J connectivity index is 0.00000450. The number of halogens is 2. The molecule has 0 heterocycles. The second kappa shape index (κ2) is 14.2. The number of benzene rings is 2. The quantitative estimate of drug-likeness (QED) is 0.250. The maximum Gasteiger partial charge on any atom is 0.251 e. The van der Waals surface area contributed by atoms with Crippen LogP contribution in [0.1, 0.15) is 40.4 Å². The molecular formula is C22H30FIN4OS. The monoisotopic (exact) mass is 544 g/mol. The summed E-state index contributed by atoms with van der Waals surface area (Å²) in [5.74, 6) is 1.12. The molecule has 5 nitrogen and oxygen atoms in total. The summed E-state index contributed by atoms with van der Waals surface area (Å²) in [6, 6.07) is 12.4. The third kappa shape index (κ3) is 8.51. The highest BCUT2D eigenvalue weighted by atomic mass is 127. The van der Waals surface area contributed by atoms with E-state index < -0.39 is 0 Å². The van der Waals surface area contributed by atoms with Crippen molar-refractivity contribution in [2.45, 2.75) is 32.2 Å². The number of carbonyl (C=O) groups is 1. The molecule has 0 saturated carbocycles. The van der Waals surface area contributed by atoms with Crippen molar-refractivity contribution in [3.8, 4) is 0 Å². The second-order valence-electron chi connectivity index (χ2n) is 6.58. The molecular weight excluding hydrogens is 514 g/mol. The fourth-order valence-corrected chi connectivity index (χ4v) is 3.39. The lowest BCUT2D eigenvalue weighted by Gasteiger charge is -2.14. The Labute approximate surface area is 199 Å². The molecule has 0 saturated heterocycles. The number of guanidine groups is 1. The zero-order chi connectivity index (χ0) is 21.1. The number of rotatable bonds is 9. The van der Waals surface area contributed by atoms with E-state index in [1.165, 1.54) is 6.07 Å². The minimum atomic E-state index is -0.219. The number of thioether (sulfide) groups is 1. The highest BCUT2D eigenvalue weighted by Crippen LogP contribution is 2.16. The van der Waals surface area contributed by atoms with Crippen molar-refractivity contribution < 1.29 is 9.18 Å². The first kappa shape index (κ1) is 26.2. The molecule has 1 amide bonds. The van der Waals surface area contributed by atoms with E-state index in [2.05, 4.69) is 20.9 Å².